The van der Waals surface area contributed by atoms with E-state index in [0.717, 1.165) is 18.5 Å². The van der Waals surface area contributed by atoms with Gasteiger partial charge in [-0.15, -0.1) is 0 Å². The molecule has 0 aromatic rings. The summed E-state index contributed by atoms with van der Waals surface area (Å²) in [6.07, 6.45) is 7.99. The highest BCUT2D eigenvalue weighted by Gasteiger charge is 2.23. The molecule has 2 N–H and O–H groups in total. The van der Waals surface area contributed by atoms with Gasteiger partial charge in [0.25, 0.3) is 0 Å². The van der Waals surface area contributed by atoms with Gasteiger partial charge < -0.3 is 10.6 Å². The van der Waals surface area contributed by atoms with Crippen molar-refractivity contribution >= 4 is 0 Å². The fourth-order valence-electron chi connectivity index (χ4n) is 2.88. The molecule has 1 aliphatic heterocycles. The summed E-state index contributed by atoms with van der Waals surface area (Å²) in [6, 6.07) is 0.829. The molecule has 0 aliphatic carbocycles. The zero-order chi connectivity index (χ0) is 11.1. The monoisotopic (exact) mass is 212 g/mol. The molecule has 1 fully saturated rings. The SMILES string of the molecule is CCCC(CC)N1CCCC(CCN)C1. The molecule has 1 aliphatic rings. The van der Waals surface area contributed by atoms with E-state index in [2.05, 4.69) is 18.7 Å². The van der Waals surface area contributed by atoms with Gasteiger partial charge in [0, 0.05) is 12.6 Å². The molecule has 0 saturated carbocycles. The third kappa shape index (κ3) is 4.12. The number of likely N-dealkylation sites (tertiary alicyclic amines) is 1. The van der Waals surface area contributed by atoms with Gasteiger partial charge in [-0.1, -0.05) is 20.3 Å². The van der Waals surface area contributed by atoms with Gasteiger partial charge in [0.15, 0.2) is 0 Å². The van der Waals surface area contributed by atoms with Gasteiger partial charge in [-0.2, -0.15) is 0 Å². The highest BCUT2D eigenvalue weighted by molar-refractivity contribution is 4.78. The molecule has 0 amide bonds. The number of hydrogen-bond acceptors (Lipinski definition) is 2. The standard InChI is InChI=1S/C13H28N2/c1-3-6-13(4-2)15-10-5-7-12(11-15)8-9-14/h12-13H,3-11,14H2,1-2H3. The summed E-state index contributed by atoms with van der Waals surface area (Å²) in [5, 5.41) is 0. The third-order valence-corrected chi connectivity index (χ3v) is 3.73. The second-order valence-corrected chi connectivity index (χ2v) is 4.93. The highest BCUT2D eigenvalue weighted by atomic mass is 15.2. The lowest BCUT2D eigenvalue weighted by Crippen LogP contribution is -2.42. The van der Waals surface area contributed by atoms with E-state index in [0.29, 0.717) is 0 Å². The molecule has 0 bridgehead atoms. The van der Waals surface area contributed by atoms with Crippen molar-refractivity contribution in [3.63, 3.8) is 0 Å². The van der Waals surface area contributed by atoms with E-state index in [4.69, 9.17) is 5.73 Å². The smallest absolute Gasteiger partial charge is 0.00926 e. The number of rotatable bonds is 6. The molecule has 0 aromatic heterocycles. The lowest BCUT2D eigenvalue weighted by Gasteiger charge is -2.38. The second-order valence-electron chi connectivity index (χ2n) is 4.93. The number of piperidine rings is 1. The van der Waals surface area contributed by atoms with Crippen molar-refractivity contribution < 1.29 is 0 Å². The van der Waals surface area contributed by atoms with Crippen LogP contribution in [0.5, 0.6) is 0 Å². The van der Waals surface area contributed by atoms with E-state index < -0.39 is 0 Å². The molecule has 0 spiro atoms. The Bertz CT molecular complexity index is 157. The first kappa shape index (κ1) is 13.0. The molecule has 2 nitrogen and oxygen atoms in total. The Morgan fingerprint density at radius 1 is 1.40 bits per heavy atom. The minimum Gasteiger partial charge on any atom is -0.330 e. The third-order valence-electron chi connectivity index (χ3n) is 3.73. The van der Waals surface area contributed by atoms with Crippen LogP contribution in [0.25, 0.3) is 0 Å². The van der Waals surface area contributed by atoms with Crippen LogP contribution in [0.4, 0.5) is 0 Å². The van der Waals surface area contributed by atoms with Crippen LogP contribution in [0.2, 0.25) is 0 Å². The number of hydrogen-bond donors (Lipinski definition) is 1. The summed E-state index contributed by atoms with van der Waals surface area (Å²) in [7, 11) is 0. The Hall–Kier alpha value is -0.0800. The van der Waals surface area contributed by atoms with Gasteiger partial charge in [0.2, 0.25) is 0 Å². The summed E-state index contributed by atoms with van der Waals surface area (Å²) in [5.41, 5.74) is 5.65. The van der Waals surface area contributed by atoms with E-state index >= 15 is 0 Å². The predicted molar refractivity (Wildman–Crippen MR) is 67.0 cm³/mol. The van der Waals surface area contributed by atoms with Crippen LogP contribution in [-0.2, 0) is 0 Å². The number of nitrogens with two attached hydrogens (primary N) is 1. The van der Waals surface area contributed by atoms with Crippen molar-refractivity contribution in [2.75, 3.05) is 19.6 Å². The van der Waals surface area contributed by atoms with Gasteiger partial charge in [-0.25, -0.2) is 0 Å². The fourth-order valence-corrected chi connectivity index (χ4v) is 2.88. The molecule has 1 saturated heterocycles. The van der Waals surface area contributed by atoms with Gasteiger partial charge in [-0.3, -0.25) is 0 Å². The first-order valence-corrected chi connectivity index (χ1v) is 6.75. The zero-order valence-corrected chi connectivity index (χ0v) is 10.5. The van der Waals surface area contributed by atoms with E-state index in [-0.39, 0.29) is 0 Å². The molecule has 2 atom stereocenters. The summed E-state index contributed by atoms with van der Waals surface area (Å²) in [6.45, 7) is 8.11. The zero-order valence-electron chi connectivity index (χ0n) is 10.5. The molecule has 2 unspecified atom stereocenters. The largest absolute Gasteiger partial charge is 0.330 e. The van der Waals surface area contributed by atoms with E-state index in [1.165, 1.54) is 51.6 Å². The maximum Gasteiger partial charge on any atom is 0.00926 e. The average Bonchev–Trinajstić information content (AvgIpc) is 2.27. The molecular formula is C13H28N2. The first-order valence-electron chi connectivity index (χ1n) is 6.75. The van der Waals surface area contributed by atoms with E-state index in [9.17, 15) is 0 Å². The Morgan fingerprint density at radius 2 is 2.20 bits per heavy atom. The normalized spacial score (nSPS) is 25.4. The molecule has 90 valence electrons. The molecule has 0 aromatic carbocycles. The Kier molecular flexibility index (Phi) is 6.26. The minimum atomic E-state index is 0.829. The van der Waals surface area contributed by atoms with Crippen LogP contribution in [0, 0.1) is 5.92 Å². The molecular weight excluding hydrogens is 184 g/mol. The summed E-state index contributed by atoms with van der Waals surface area (Å²) in [5.74, 6) is 0.870. The van der Waals surface area contributed by atoms with Crippen LogP contribution < -0.4 is 5.73 Å². The summed E-state index contributed by atoms with van der Waals surface area (Å²) < 4.78 is 0. The van der Waals surface area contributed by atoms with Crippen molar-refractivity contribution in [3.05, 3.63) is 0 Å². The highest BCUT2D eigenvalue weighted by Crippen LogP contribution is 2.23. The van der Waals surface area contributed by atoms with Gasteiger partial charge in [0.1, 0.15) is 0 Å². The fraction of sp³-hybridized carbons (Fsp3) is 1.00. The maximum atomic E-state index is 5.65. The lowest BCUT2D eigenvalue weighted by molar-refractivity contribution is 0.111. The number of nitrogens with zero attached hydrogens (tertiary/aromatic N) is 1. The van der Waals surface area contributed by atoms with Crippen LogP contribution in [0.15, 0.2) is 0 Å². The van der Waals surface area contributed by atoms with Gasteiger partial charge in [-0.05, 0) is 51.1 Å². The molecule has 15 heavy (non-hydrogen) atoms. The lowest BCUT2D eigenvalue weighted by atomic mass is 9.92. The van der Waals surface area contributed by atoms with Crippen LogP contribution >= 0.6 is 0 Å². The van der Waals surface area contributed by atoms with Crippen molar-refractivity contribution in [2.24, 2.45) is 11.7 Å². The molecule has 2 heteroatoms. The van der Waals surface area contributed by atoms with Gasteiger partial charge >= 0.3 is 0 Å². The van der Waals surface area contributed by atoms with Crippen molar-refractivity contribution in [2.45, 2.75) is 58.4 Å². The summed E-state index contributed by atoms with van der Waals surface area (Å²) >= 11 is 0. The molecule has 0 radical (unpaired) electrons. The Balaban J connectivity index is 2.39. The van der Waals surface area contributed by atoms with Crippen molar-refractivity contribution in [3.8, 4) is 0 Å². The van der Waals surface area contributed by atoms with Crippen LogP contribution in [-0.4, -0.2) is 30.6 Å². The van der Waals surface area contributed by atoms with Gasteiger partial charge in [0.05, 0.1) is 0 Å². The second kappa shape index (κ2) is 7.24. The molecule has 1 rings (SSSR count). The van der Waals surface area contributed by atoms with Crippen molar-refractivity contribution in [1.82, 2.24) is 4.90 Å². The van der Waals surface area contributed by atoms with E-state index in [1.54, 1.807) is 0 Å². The first-order chi connectivity index (χ1) is 7.31. The average molecular weight is 212 g/mol. The van der Waals surface area contributed by atoms with E-state index in [1.807, 2.05) is 0 Å². The van der Waals surface area contributed by atoms with Crippen LogP contribution in [0.3, 0.4) is 0 Å². The quantitative estimate of drug-likeness (QED) is 0.733. The Morgan fingerprint density at radius 3 is 2.80 bits per heavy atom. The summed E-state index contributed by atoms with van der Waals surface area (Å²) in [4.78, 5) is 2.72. The topological polar surface area (TPSA) is 29.3 Å². The maximum absolute atomic E-state index is 5.65. The Labute approximate surface area is 95.2 Å². The predicted octanol–water partition coefficient (Wildman–Crippen LogP) is 2.63. The minimum absolute atomic E-state index is 0.829. The molecule has 1 heterocycles. The van der Waals surface area contributed by atoms with Crippen molar-refractivity contribution in [1.29, 1.82) is 0 Å². The van der Waals surface area contributed by atoms with Crippen LogP contribution in [0.1, 0.15) is 52.4 Å².